The van der Waals surface area contributed by atoms with Crippen molar-refractivity contribution in [3.05, 3.63) is 17.1 Å². The number of aromatic nitrogens is 2. The molecule has 1 unspecified atom stereocenters. The van der Waals surface area contributed by atoms with Crippen LogP contribution in [0.25, 0.3) is 0 Å². The van der Waals surface area contributed by atoms with E-state index in [1.165, 1.54) is 6.92 Å². The highest BCUT2D eigenvalue weighted by Gasteiger charge is 2.26. The normalized spacial score (nSPS) is 13.2. The zero-order valence-electron chi connectivity index (χ0n) is 17.2. The average molecular weight is 425 g/mol. The van der Waals surface area contributed by atoms with Crippen molar-refractivity contribution in [2.75, 3.05) is 12.3 Å². The number of alkyl carbamates (subject to hydrolysis) is 1. The molecule has 9 N–H and O–H groups in total. The van der Waals surface area contributed by atoms with E-state index in [-0.39, 0.29) is 35.9 Å². The summed E-state index contributed by atoms with van der Waals surface area (Å²) in [6, 6.07) is -2.21. The summed E-state index contributed by atoms with van der Waals surface area (Å²) in [7, 11) is 0. The first-order chi connectivity index (χ1) is 13.7. The van der Waals surface area contributed by atoms with Crippen molar-refractivity contribution < 1.29 is 29.0 Å². The first-order valence-corrected chi connectivity index (χ1v) is 8.89. The number of carbonyl (C=O) groups excluding carboxylic acids is 3. The largest absolute Gasteiger partial charge is 0.476 e. The minimum atomic E-state index is -1.33. The second-order valence-corrected chi connectivity index (χ2v) is 7.48. The summed E-state index contributed by atoms with van der Waals surface area (Å²) >= 11 is 0. The molecule has 0 spiro atoms. The molecule has 1 rings (SSSR count). The molecule has 0 aromatic carbocycles. The number of nitrogens with one attached hydrogen (secondary N) is 2. The van der Waals surface area contributed by atoms with Gasteiger partial charge in [-0.25, -0.2) is 19.6 Å². The molecule has 30 heavy (non-hydrogen) atoms. The third-order valence-electron chi connectivity index (χ3n) is 3.72. The fourth-order valence-corrected chi connectivity index (χ4v) is 2.30. The van der Waals surface area contributed by atoms with E-state index in [1.54, 1.807) is 20.8 Å². The molecular formula is C17H27N7O6. The molecule has 0 saturated heterocycles. The van der Waals surface area contributed by atoms with Gasteiger partial charge in [-0.1, -0.05) is 0 Å². The number of carboxylic acids is 1. The van der Waals surface area contributed by atoms with Crippen molar-refractivity contribution in [3.63, 3.8) is 0 Å². The Morgan fingerprint density at radius 1 is 1.17 bits per heavy atom. The van der Waals surface area contributed by atoms with Gasteiger partial charge in [-0.2, -0.15) is 0 Å². The minimum Gasteiger partial charge on any atom is -0.476 e. The Labute approximate surface area is 172 Å². The lowest BCUT2D eigenvalue weighted by Gasteiger charge is -2.24. The van der Waals surface area contributed by atoms with E-state index in [1.807, 2.05) is 0 Å². The van der Waals surface area contributed by atoms with Gasteiger partial charge in [0.2, 0.25) is 11.8 Å². The molecule has 0 fully saturated rings. The maximum absolute atomic E-state index is 11.9. The summed E-state index contributed by atoms with van der Waals surface area (Å²) in [5.74, 6) is -3.16. The van der Waals surface area contributed by atoms with Crippen LogP contribution in [-0.2, 0) is 14.3 Å². The zero-order chi connectivity index (χ0) is 23.2. The van der Waals surface area contributed by atoms with Crippen LogP contribution in [0.15, 0.2) is 0 Å². The van der Waals surface area contributed by atoms with Crippen LogP contribution in [0.2, 0.25) is 0 Å². The Morgan fingerprint density at radius 2 is 1.77 bits per heavy atom. The van der Waals surface area contributed by atoms with Crippen LogP contribution in [0, 0.1) is 6.92 Å². The maximum Gasteiger partial charge on any atom is 0.408 e. The molecule has 1 heterocycles. The van der Waals surface area contributed by atoms with Gasteiger partial charge in [0.25, 0.3) is 0 Å². The molecule has 13 nitrogen and oxygen atoms in total. The SMILES string of the molecule is Cc1c(N)nc([C@H](CC(N)=O)NCC(NC(=O)OC(C)(C)C)C(N)=O)nc1C(=O)O. The number of hydrogen-bond acceptors (Lipinski definition) is 9. The number of aromatic carboxylic acids is 1. The van der Waals surface area contributed by atoms with Gasteiger partial charge in [0.05, 0.1) is 6.04 Å². The van der Waals surface area contributed by atoms with Gasteiger partial charge in [0.15, 0.2) is 5.69 Å². The second kappa shape index (κ2) is 9.82. The van der Waals surface area contributed by atoms with Gasteiger partial charge >= 0.3 is 12.1 Å². The van der Waals surface area contributed by atoms with Crippen molar-refractivity contribution in [2.45, 2.75) is 51.8 Å². The number of nitrogens with zero attached hydrogens (tertiary/aromatic N) is 2. The van der Waals surface area contributed by atoms with Crippen molar-refractivity contribution in [1.82, 2.24) is 20.6 Å². The fourth-order valence-electron chi connectivity index (χ4n) is 2.30. The van der Waals surface area contributed by atoms with E-state index >= 15 is 0 Å². The fraction of sp³-hybridized carbons (Fsp3) is 0.529. The van der Waals surface area contributed by atoms with Crippen molar-refractivity contribution in [2.24, 2.45) is 11.5 Å². The molecule has 0 radical (unpaired) electrons. The summed E-state index contributed by atoms with van der Waals surface area (Å²) in [5.41, 5.74) is 15.3. The van der Waals surface area contributed by atoms with Gasteiger partial charge in [0.1, 0.15) is 23.3 Å². The molecule has 0 aliphatic heterocycles. The molecule has 0 aliphatic rings. The van der Waals surface area contributed by atoms with Crippen LogP contribution >= 0.6 is 0 Å². The Kier molecular flexibility index (Phi) is 8.04. The van der Waals surface area contributed by atoms with Crippen LogP contribution in [0.1, 0.15) is 55.1 Å². The second-order valence-electron chi connectivity index (χ2n) is 7.48. The number of anilines is 1. The molecule has 3 amide bonds. The predicted molar refractivity (Wildman–Crippen MR) is 105 cm³/mol. The summed E-state index contributed by atoms with van der Waals surface area (Å²) < 4.78 is 5.08. The van der Waals surface area contributed by atoms with Crippen molar-refractivity contribution in [3.8, 4) is 0 Å². The monoisotopic (exact) mass is 425 g/mol. The summed E-state index contributed by atoms with van der Waals surface area (Å²) in [6.45, 7) is 6.13. The number of rotatable bonds is 9. The van der Waals surface area contributed by atoms with Crippen LogP contribution in [0.5, 0.6) is 0 Å². The smallest absolute Gasteiger partial charge is 0.408 e. The lowest BCUT2D eigenvalue weighted by Crippen LogP contribution is -2.52. The van der Waals surface area contributed by atoms with Crippen LogP contribution in [0.4, 0.5) is 10.6 Å². The number of primary amides is 2. The maximum atomic E-state index is 11.9. The van der Waals surface area contributed by atoms with E-state index in [4.69, 9.17) is 21.9 Å². The lowest BCUT2D eigenvalue weighted by atomic mass is 10.1. The molecule has 1 aromatic rings. The van der Waals surface area contributed by atoms with E-state index in [9.17, 15) is 24.3 Å². The van der Waals surface area contributed by atoms with Crippen molar-refractivity contribution in [1.29, 1.82) is 0 Å². The zero-order valence-corrected chi connectivity index (χ0v) is 17.2. The standard InChI is InChI=1S/C17H27N7O6/c1-7-11(15(27)28)23-14(24-12(7)19)8(5-10(18)25)21-6-9(13(20)26)22-16(29)30-17(2,3)4/h8-9,21H,5-6H2,1-4H3,(H2,18,25)(H2,20,26)(H,22,29)(H,27,28)(H2,19,23,24)/t8-,9?/m0/s1. The van der Waals surface area contributed by atoms with Gasteiger partial charge in [-0.3, -0.25) is 9.59 Å². The number of carboxylic acid groups (broad SMARTS) is 1. The first kappa shape index (κ1) is 24.6. The van der Waals surface area contributed by atoms with Gasteiger partial charge in [-0.05, 0) is 27.7 Å². The van der Waals surface area contributed by atoms with Crippen molar-refractivity contribution >= 4 is 29.7 Å². The molecule has 0 bridgehead atoms. The van der Waals surface area contributed by atoms with E-state index in [0.29, 0.717) is 0 Å². The van der Waals surface area contributed by atoms with Gasteiger partial charge in [-0.15, -0.1) is 0 Å². The van der Waals surface area contributed by atoms with Crippen LogP contribution in [0.3, 0.4) is 0 Å². The molecule has 2 atom stereocenters. The van der Waals surface area contributed by atoms with Crippen LogP contribution in [-0.4, -0.2) is 57.1 Å². The molecule has 13 heteroatoms. The molecule has 0 saturated carbocycles. The van der Waals surface area contributed by atoms with Crippen LogP contribution < -0.4 is 27.8 Å². The van der Waals surface area contributed by atoms with Gasteiger partial charge < -0.3 is 37.7 Å². The number of ether oxygens (including phenoxy) is 1. The van der Waals surface area contributed by atoms with E-state index in [0.717, 1.165) is 0 Å². The number of carbonyl (C=O) groups is 4. The predicted octanol–water partition coefficient (Wildman–Crippen LogP) is -1.05. The third-order valence-corrected chi connectivity index (χ3v) is 3.72. The summed E-state index contributed by atoms with van der Waals surface area (Å²) in [4.78, 5) is 54.4. The average Bonchev–Trinajstić information content (AvgIpc) is 2.57. The van der Waals surface area contributed by atoms with Gasteiger partial charge in [0, 0.05) is 18.5 Å². The highest BCUT2D eigenvalue weighted by atomic mass is 16.6. The third kappa shape index (κ3) is 7.50. The summed E-state index contributed by atoms with van der Waals surface area (Å²) in [6.07, 6.45) is -1.21. The summed E-state index contributed by atoms with van der Waals surface area (Å²) in [5, 5.41) is 14.4. The minimum absolute atomic E-state index is 0.0907. The van der Waals surface area contributed by atoms with E-state index < -0.39 is 41.6 Å². The quantitative estimate of drug-likeness (QED) is 0.281. The molecule has 166 valence electrons. The Bertz CT molecular complexity index is 837. The highest BCUT2D eigenvalue weighted by Crippen LogP contribution is 2.19. The Hall–Kier alpha value is -3.48. The first-order valence-electron chi connectivity index (χ1n) is 8.89. The molecule has 0 aliphatic carbocycles. The number of hydrogen-bond donors (Lipinski definition) is 6. The number of amides is 3. The molecular weight excluding hydrogens is 398 g/mol. The number of nitrogen functional groups attached to an aromatic ring is 1. The lowest BCUT2D eigenvalue weighted by molar-refractivity contribution is -0.120. The Balaban J connectivity index is 3.07. The Morgan fingerprint density at radius 3 is 2.23 bits per heavy atom. The van der Waals surface area contributed by atoms with E-state index in [2.05, 4.69) is 20.6 Å². The topological polar surface area (TPSA) is 226 Å². The molecule has 1 aromatic heterocycles. The highest BCUT2D eigenvalue weighted by molar-refractivity contribution is 5.88. The number of nitrogens with two attached hydrogens (primary N) is 3.